The molecule has 0 saturated carbocycles. The van der Waals surface area contributed by atoms with E-state index in [9.17, 15) is 9.18 Å². The van der Waals surface area contributed by atoms with Crippen molar-refractivity contribution in [2.24, 2.45) is 0 Å². The maximum Gasteiger partial charge on any atom is 0.270 e. The maximum absolute atomic E-state index is 13.0. The van der Waals surface area contributed by atoms with Crippen molar-refractivity contribution in [1.82, 2.24) is 15.3 Å². The molecule has 150 valence electrons. The number of rotatable bonds is 7. The van der Waals surface area contributed by atoms with Crippen LogP contribution in [0.2, 0.25) is 0 Å². The summed E-state index contributed by atoms with van der Waals surface area (Å²) >= 11 is 0. The molecule has 7 heteroatoms. The predicted octanol–water partition coefficient (Wildman–Crippen LogP) is 4.38. The van der Waals surface area contributed by atoms with Gasteiger partial charge in [-0.15, -0.1) is 0 Å². The van der Waals surface area contributed by atoms with Crippen LogP contribution in [0.4, 0.5) is 15.9 Å². The summed E-state index contributed by atoms with van der Waals surface area (Å²) in [4.78, 5) is 21.0. The molecule has 0 radical (unpaired) electrons. The Hall–Kier alpha value is -3.48. The maximum atomic E-state index is 13.0. The van der Waals surface area contributed by atoms with Gasteiger partial charge in [-0.25, -0.2) is 14.4 Å². The van der Waals surface area contributed by atoms with Crippen molar-refractivity contribution in [1.29, 1.82) is 0 Å². The van der Waals surface area contributed by atoms with Gasteiger partial charge < -0.3 is 15.4 Å². The van der Waals surface area contributed by atoms with Gasteiger partial charge >= 0.3 is 0 Å². The van der Waals surface area contributed by atoms with E-state index < -0.39 is 0 Å². The number of aryl methyl sites for hydroxylation is 1. The Kier molecular flexibility index (Phi) is 6.39. The number of anilines is 2. The van der Waals surface area contributed by atoms with E-state index in [2.05, 4.69) is 20.6 Å². The molecule has 0 aliphatic carbocycles. The molecule has 6 nitrogen and oxygen atoms in total. The highest BCUT2D eigenvalue weighted by Gasteiger charge is 2.11. The Balaban J connectivity index is 1.67. The van der Waals surface area contributed by atoms with Crippen molar-refractivity contribution in [2.75, 3.05) is 5.32 Å². The lowest BCUT2D eigenvalue weighted by atomic mass is 10.2. The molecule has 3 aromatic rings. The molecule has 0 bridgehead atoms. The lowest BCUT2D eigenvalue weighted by Crippen LogP contribution is -2.24. The molecule has 29 heavy (non-hydrogen) atoms. The molecule has 0 aliphatic rings. The first-order chi connectivity index (χ1) is 13.9. The average Bonchev–Trinajstić information content (AvgIpc) is 2.68. The molecule has 1 aromatic heterocycles. The first-order valence-corrected chi connectivity index (χ1v) is 9.31. The fourth-order valence-electron chi connectivity index (χ4n) is 2.66. The van der Waals surface area contributed by atoms with E-state index in [1.54, 1.807) is 25.1 Å². The predicted molar refractivity (Wildman–Crippen MR) is 110 cm³/mol. The van der Waals surface area contributed by atoms with Gasteiger partial charge in [-0.1, -0.05) is 12.1 Å². The molecule has 2 aromatic carbocycles. The first-order valence-electron chi connectivity index (χ1n) is 9.31. The molecule has 1 amide bonds. The molecule has 1 heterocycles. The zero-order valence-corrected chi connectivity index (χ0v) is 16.6. The summed E-state index contributed by atoms with van der Waals surface area (Å²) in [5.41, 5.74) is 1.87. The number of nitrogens with zero attached hydrogens (tertiary/aromatic N) is 2. The molecule has 0 fully saturated rings. The van der Waals surface area contributed by atoms with Crippen LogP contribution < -0.4 is 15.4 Å². The van der Waals surface area contributed by atoms with Crippen molar-refractivity contribution in [3.05, 3.63) is 77.5 Å². The standard InChI is InChI=1S/C22H23FN4O2/c1-14(2)29-19-10-8-18(9-11-19)27-21-12-20(25-15(3)26-21)22(28)24-13-16-4-6-17(23)7-5-16/h4-12,14H,13H2,1-3H3,(H,24,28)(H,25,26,27). The normalized spacial score (nSPS) is 10.7. The summed E-state index contributed by atoms with van der Waals surface area (Å²) in [5, 5.41) is 5.95. The van der Waals surface area contributed by atoms with Crippen molar-refractivity contribution in [3.8, 4) is 5.75 Å². The van der Waals surface area contributed by atoms with Gasteiger partial charge in [-0.05, 0) is 62.7 Å². The summed E-state index contributed by atoms with van der Waals surface area (Å²) in [6, 6.07) is 15.0. The molecule has 2 N–H and O–H groups in total. The Bertz CT molecular complexity index is 973. The highest BCUT2D eigenvalue weighted by molar-refractivity contribution is 5.93. The van der Waals surface area contributed by atoms with Crippen LogP contribution in [0.15, 0.2) is 54.6 Å². The third kappa shape index (κ3) is 6.00. The zero-order valence-electron chi connectivity index (χ0n) is 16.6. The number of ether oxygens (including phenoxy) is 1. The number of amides is 1. The summed E-state index contributed by atoms with van der Waals surface area (Å²) in [6.45, 7) is 5.95. The SMILES string of the molecule is Cc1nc(Nc2ccc(OC(C)C)cc2)cc(C(=O)NCc2ccc(F)cc2)n1. The number of carbonyl (C=O) groups excluding carboxylic acids is 1. The van der Waals surface area contributed by atoms with Gasteiger partial charge in [0, 0.05) is 18.3 Å². The fourth-order valence-corrected chi connectivity index (χ4v) is 2.66. The van der Waals surface area contributed by atoms with Crippen LogP contribution in [0.1, 0.15) is 35.7 Å². The lowest BCUT2D eigenvalue weighted by Gasteiger charge is -2.12. The molecule has 0 aliphatic heterocycles. The van der Waals surface area contributed by atoms with Crippen LogP contribution in [0, 0.1) is 12.7 Å². The van der Waals surface area contributed by atoms with Crippen LogP contribution in [0.3, 0.4) is 0 Å². The Morgan fingerprint density at radius 2 is 1.76 bits per heavy atom. The second-order valence-electron chi connectivity index (χ2n) is 6.81. The summed E-state index contributed by atoms with van der Waals surface area (Å²) < 4.78 is 18.6. The van der Waals surface area contributed by atoms with Crippen molar-refractivity contribution in [3.63, 3.8) is 0 Å². The van der Waals surface area contributed by atoms with Crippen molar-refractivity contribution >= 4 is 17.4 Å². The Morgan fingerprint density at radius 1 is 1.07 bits per heavy atom. The molecule has 0 atom stereocenters. The van der Waals surface area contributed by atoms with Gasteiger partial charge in [-0.3, -0.25) is 4.79 Å². The van der Waals surface area contributed by atoms with Crippen LogP contribution in [-0.4, -0.2) is 22.0 Å². The smallest absolute Gasteiger partial charge is 0.270 e. The minimum Gasteiger partial charge on any atom is -0.491 e. The number of halogens is 1. The van der Waals surface area contributed by atoms with E-state index in [0.29, 0.717) is 11.6 Å². The minimum atomic E-state index is -0.330. The summed E-state index contributed by atoms with van der Waals surface area (Å²) in [7, 11) is 0. The van der Waals surface area contributed by atoms with E-state index in [-0.39, 0.29) is 30.1 Å². The lowest BCUT2D eigenvalue weighted by molar-refractivity contribution is 0.0945. The van der Waals surface area contributed by atoms with Crippen molar-refractivity contribution < 1.29 is 13.9 Å². The van der Waals surface area contributed by atoms with Gasteiger partial charge in [0.1, 0.15) is 28.9 Å². The molecular weight excluding hydrogens is 371 g/mol. The molecule has 0 unspecified atom stereocenters. The second-order valence-corrected chi connectivity index (χ2v) is 6.81. The van der Waals surface area contributed by atoms with Gasteiger partial charge in [-0.2, -0.15) is 0 Å². The van der Waals surface area contributed by atoms with Crippen molar-refractivity contribution in [2.45, 2.75) is 33.4 Å². The van der Waals surface area contributed by atoms with Crippen LogP contribution in [-0.2, 0) is 6.54 Å². The quantitative estimate of drug-likeness (QED) is 0.622. The number of hydrogen-bond donors (Lipinski definition) is 2. The number of nitrogens with one attached hydrogen (secondary N) is 2. The van der Waals surface area contributed by atoms with Crippen LogP contribution in [0.5, 0.6) is 5.75 Å². The molecule has 3 rings (SSSR count). The zero-order chi connectivity index (χ0) is 20.8. The molecular formula is C22H23FN4O2. The van der Waals surface area contributed by atoms with E-state index in [0.717, 1.165) is 17.0 Å². The largest absolute Gasteiger partial charge is 0.491 e. The van der Waals surface area contributed by atoms with Crippen LogP contribution in [0.25, 0.3) is 0 Å². The summed E-state index contributed by atoms with van der Waals surface area (Å²) in [5.74, 6) is 1.13. The molecule has 0 spiro atoms. The Morgan fingerprint density at radius 3 is 2.41 bits per heavy atom. The average molecular weight is 394 g/mol. The van der Waals surface area contributed by atoms with Crippen LogP contribution >= 0.6 is 0 Å². The van der Waals surface area contributed by atoms with E-state index in [4.69, 9.17) is 4.74 Å². The number of aromatic nitrogens is 2. The third-order valence-electron chi connectivity index (χ3n) is 3.94. The highest BCUT2D eigenvalue weighted by Crippen LogP contribution is 2.20. The third-order valence-corrected chi connectivity index (χ3v) is 3.94. The minimum absolute atomic E-state index is 0.106. The fraction of sp³-hybridized carbons (Fsp3) is 0.227. The first kappa shape index (κ1) is 20.3. The second kappa shape index (κ2) is 9.14. The van der Waals surface area contributed by atoms with Gasteiger partial charge in [0.2, 0.25) is 0 Å². The number of benzene rings is 2. The number of carbonyl (C=O) groups is 1. The monoisotopic (exact) mass is 394 g/mol. The van der Waals surface area contributed by atoms with E-state index >= 15 is 0 Å². The number of hydrogen-bond acceptors (Lipinski definition) is 5. The molecule has 0 saturated heterocycles. The van der Waals surface area contributed by atoms with E-state index in [1.807, 2.05) is 38.1 Å². The topological polar surface area (TPSA) is 76.1 Å². The van der Waals surface area contributed by atoms with Gasteiger partial charge in [0.05, 0.1) is 6.10 Å². The van der Waals surface area contributed by atoms with Gasteiger partial charge in [0.25, 0.3) is 5.91 Å². The Labute approximate surface area is 169 Å². The highest BCUT2D eigenvalue weighted by atomic mass is 19.1. The van der Waals surface area contributed by atoms with Gasteiger partial charge in [0.15, 0.2) is 0 Å². The summed E-state index contributed by atoms with van der Waals surface area (Å²) in [6.07, 6.45) is 0.106. The van der Waals surface area contributed by atoms with E-state index in [1.165, 1.54) is 12.1 Å².